The quantitative estimate of drug-likeness (QED) is 0.733. The van der Waals surface area contributed by atoms with Crippen LogP contribution in [-0.2, 0) is 26.2 Å². The summed E-state index contributed by atoms with van der Waals surface area (Å²) in [6, 6.07) is 15.6. The van der Waals surface area contributed by atoms with Gasteiger partial charge in [0.1, 0.15) is 0 Å². The summed E-state index contributed by atoms with van der Waals surface area (Å²) in [6.07, 6.45) is 0.171. The number of carbonyl (C=O) groups is 2. The van der Waals surface area contributed by atoms with Crippen molar-refractivity contribution >= 4 is 27.5 Å². The highest BCUT2D eigenvalue weighted by atomic mass is 32.2. The third-order valence-corrected chi connectivity index (χ3v) is 7.38. The zero-order valence-corrected chi connectivity index (χ0v) is 18.2. The molecule has 7 nitrogen and oxygen atoms in total. The second kappa shape index (κ2) is 8.97. The lowest BCUT2D eigenvalue weighted by Gasteiger charge is -2.21. The number of hydrogen-bond donors (Lipinski definition) is 1. The maximum Gasteiger partial charge on any atom is 0.243 e. The van der Waals surface area contributed by atoms with Crippen molar-refractivity contribution in [2.24, 2.45) is 5.92 Å². The summed E-state index contributed by atoms with van der Waals surface area (Å²) in [4.78, 5) is 26.8. The van der Waals surface area contributed by atoms with Gasteiger partial charge in [0, 0.05) is 38.3 Å². The van der Waals surface area contributed by atoms with E-state index in [0.29, 0.717) is 18.8 Å². The van der Waals surface area contributed by atoms with E-state index in [2.05, 4.69) is 5.32 Å². The normalized spacial score (nSPS) is 17.0. The Morgan fingerprint density at radius 3 is 2.37 bits per heavy atom. The second-order valence-electron chi connectivity index (χ2n) is 7.79. The van der Waals surface area contributed by atoms with Crippen LogP contribution in [0.25, 0.3) is 0 Å². The molecule has 1 saturated heterocycles. The summed E-state index contributed by atoms with van der Waals surface area (Å²) in [5.41, 5.74) is 1.52. The summed E-state index contributed by atoms with van der Waals surface area (Å²) < 4.78 is 26.4. The number of carbonyl (C=O) groups excluding carboxylic acids is 2. The molecule has 8 heteroatoms. The van der Waals surface area contributed by atoms with Crippen LogP contribution >= 0.6 is 0 Å². The monoisotopic (exact) mass is 429 g/mol. The van der Waals surface area contributed by atoms with Gasteiger partial charge in [0.05, 0.1) is 10.8 Å². The average molecular weight is 430 g/mol. The Morgan fingerprint density at radius 2 is 1.77 bits per heavy atom. The maximum absolute atomic E-state index is 12.6. The van der Waals surface area contributed by atoms with Crippen molar-refractivity contribution in [3.8, 4) is 0 Å². The zero-order chi connectivity index (χ0) is 21.9. The molecule has 1 N–H and O–H groups in total. The number of anilines is 1. The third kappa shape index (κ3) is 4.88. The molecule has 1 aliphatic heterocycles. The minimum atomic E-state index is -3.57. The second-order valence-corrected chi connectivity index (χ2v) is 9.79. The molecule has 0 unspecified atom stereocenters. The van der Waals surface area contributed by atoms with E-state index in [1.165, 1.54) is 23.5 Å². The number of nitrogens with zero attached hydrogens (tertiary/aromatic N) is 2. The highest BCUT2D eigenvalue weighted by molar-refractivity contribution is 7.89. The molecule has 0 radical (unpaired) electrons. The molecule has 2 aromatic rings. The Kier molecular flexibility index (Phi) is 6.58. The molecule has 0 aliphatic carbocycles. The van der Waals surface area contributed by atoms with Crippen molar-refractivity contribution < 1.29 is 18.0 Å². The van der Waals surface area contributed by atoms with Crippen molar-refractivity contribution in [2.45, 2.75) is 37.8 Å². The van der Waals surface area contributed by atoms with Crippen LogP contribution < -0.4 is 5.32 Å². The molecular weight excluding hydrogens is 402 g/mol. The Bertz CT molecular complexity index is 1000. The molecule has 1 atom stereocenters. The predicted octanol–water partition coefficient (Wildman–Crippen LogP) is 2.70. The van der Waals surface area contributed by atoms with Crippen LogP contribution in [0.2, 0.25) is 0 Å². The average Bonchev–Trinajstić information content (AvgIpc) is 3.09. The summed E-state index contributed by atoms with van der Waals surface area (Å²) in [5, 5.41) is 2.79. The maximum atomic E-state index is 12.6. The number of hydrogen-bond acceptors (Lipinski definition) is 4. The Balaban J connectivity index is 1.62. The third-order valence-electron chi connectivity index (χ3n) is 5.33. The van der Waals surface area contributed by atoms with Crippen LogP contribution in [0, 0.1) is 5.92 Å². The van der Waals surface area contributed by atoms with Crippen LogP contribution in [0.1, 0.15) is 25.8 Å². The van der Waals surface area contributed by atoms with Gasteiger partial charge >= 0.3 is 0 Å². The summed E-state index contributed by atoms with van der Waals surface area (Å²) in [7, 11) is -2.04. The fraction of sp³-hybridized carbons (Fsp3) is 0.364. The van der Waals surface area contributed by atoms with Crippen molar-refractivity contribution in [3.05, 3.63) is 60.2 Å². The smallest absolute Gasteiger partial charge is 0.243 e. The topological polar surface area (TPSA) is 86.8 Å². The zero-order valence-electron chi connectivity index (χ0n) is 17.4. The molecule has 1 heterocycles. The van der Waals surface area contributed by atoms with E-state index in [9.17, 15) is 18.0 Å². The van der Waals surface area contributed by atoms with Gasteiger partial charge in [-0.1, -0.05) is 30.3 Å². The number of likely N-dealkylation sites (tertiary alicyclic amines) is 1. The predicted molar refractivity (Wildman–Crippen MR) is 115 cm³/mol. The first kappa shape index (κ1) is 22.0. The molecule has 0 aromatic heterocycles. The molecule has 2 aromatic carbocycles. The summed E-state index contributed by atoms with van der Waals surface area (Å²) in [5.74, 6) is -0.720. The lowest BCUT2D eigenvalue weighted by Crippen LogP contribution is -2.33. The first-order valence-electron chi connectivity index (χ1n) is 9.89. The minimum Gasteiger partial charge on any atom is -0.338 e. The molecule has 3 rings (SSSR count). The number of rotatable bonds is 7. The molecule has 0 saturated carbocycles. The van der Waals surface area contributed by atoms with Gasteiger partial charge in [0.2, 0.25) is 21.8 Å². The molecule has 0 bridgehead atoms. The van der Waals surface area contributed by atoms with Crippen LogP contribution in [0.4, 0.5) is 5.69 Å². The van der Waals surface area contributed by atoms with Crippen LogP contribution in [0.3, 0.4) is 0 Å². The number of nitrogens with one attached hydrogen (secondary N) is 1. The highest BCUT2D eigenvalue weighted by Crippen LogP contribution is 2.23. The SMILES string of the molecule is CC(C)N(C)S(=O)(=O)c1ccc(NC(=O)[C@H]2CC(=O)N(Cc3ccccc3)C2)cc1. The Labute approximate surface area is 177 Å². The highest BCUT2D eigenvalue weighted by Gasteiger charge is 2.34. The number of sulfonamides is 1. The van der Waals surface area contributed by atoms with Crippen molar-refractivity contribution in [3.63, 3.8) is 0 Å². The van der Waals surface area contributed by atoms with Gasteiger partial charge in [-0.05, 0) is 43.7 Å². The van der Waals surface area contributed by atoms with Crippen LogP contribution in [0.15, 0.2) is 59.5 Å². The first-order valence-corrected chi connectivity index (χ1v) is 11.3. The first-order chi connectivity index (χ1) is 14.2. The largest absolute Gasteiger partial charge is 0.338 e. The lowest BCUT2D eigenvalue weighted by atomic mass is 10.1. The van der Waals surface area contributed by atoms with E-state index in [1.54, 1.807) is 30.9 Å². The Hall–Kier alpha value is -2.71. The molecule has 1 fully saturated rings. The van der Waals surface area contributed by atoms with E-state index in [4.69, 9.17) is 0 Å². The van der Waals surface area contributed by atoms with Gasteiger partial charge in [-0.15, -0.1) is 0 Å². The van der Waals surface area contributed by atoms with E-state index in [0.717, 1.165) is 5.56 Å². The molecule has 0 spiro atoms. The fourth-order valence-electron chi connectivity index (χ4n) is 3.30. The molecule has 30 heavy (non-hydrogen) atoms. The van der Waals surface area contributed by atoms with E-state index < -0.39 is 15.9 Å². The van der Waals surface area contributed by atoms with Crippen LogP contribution in [-0.4, -0.2) is 49.1 Å². The van der Waals surface area contributed by atoms with Gasteiger partial charge in [0.25, 0.3) is 0 Å². The van der Waals surface area contributed by atoms with Gasteiger partial charge in [-0.2, -0.15) is 4.31 Å². The van der Waals surface area contributed by atoms with Crippen molar-refractivity contribution in [1.82, 2.24) is 9.21 Å². The standard InChI is InChI=1S/C22H27N3O4S/c1-16(2)24(3)30(28,29)20-11-9-19(10-12-20)23-22(27)18-13-21(26)25(15-18)14-17-7-5-4-6-8-17/h4-12,16,18H,13-15H2,1-3H3,(H,23,27)/t18-/m0/s1. The van der Waals surface area contributed by atoms with Gasteiger partial charge in [0.15, 0.2) is 0 Å². The number of benzene rings is 2. The van der Waals surface area contributed by atoms with Gasteiger partial charge in [-0.25, -0.2) is 8.42 Å². The lowest BCUT2D eigenvalue weighted by molar-refractivity contribution is -0.128. The molecule has 2 amide bonds. The van der Waals surface area contributed by atoms with Crippen LogP contribution in [0.5, 0.6) is 0 Å². The van der Waals surface area contributed by atoms with Crippen molar-refractivity contribution in [2.75, 3.05) is 18.9 Å². The molecule has 1 aliphatic rings. The minimum absolute atomic E-state index is 0.0443. The molecular formula is C22H27N3O4S. The molecule has 160 valence electrons. The fourth-order valence-corrected chi connectivity index (χ4v) is 4.67. The van der Waals surface area contributed by atoms with Crippen molar-refractivity contribution in [1.29, 1.82) is 0 Å². The summed E-state index contributed by atoms with van der Waals surface area (Å²) in [6.45, 7) is 4.46. The van der Waals surface area contributed by atoms with E-state index in [1.807, 2.05) is 30.3 Å². The van der Waals surface area contributed by atoms with Gasteiger partial charge in [-0.3, -0.25) is 9.59 Å². The number of amides is 2. The van der Waals surface area contributed by atoms with E-state index in [-0.39, 0.29) is 29.2 Å². The van der Waals surface area contributed by atoms with Gasteiger partial charge < -0.3 is 10.2 Å². The van der Waals surface area contributed by atoms with E-state index >= 15 is 0 Å². The Morgan fingerprint density at radius 1 is 1.13 bits per heavy atom. The summed E-state index contributed by atoms with van der Waals surface area (Å²) >= 11 is 0.